The molecule has 1 saturated heterocycles. The monoisotopic (exact) mass is 296 g/mol. The zero-order valence-corrected chi connectivity index (χ0v) is 12.0. The zero-order valence-electron chi connectivity index (χ0n) is 11.2. The van der Waals surface area contributed by atoms with Crippen LogP contribution in [0.2, 0.25) is 0 Å². The van der Waals surface area contributed by atoms with E-state index < -0.39 is 10.0 Å². The zero-order chi connectivity index (χ0) is 14.6. The number of hydrogen-bond donors (Lipinski definition) is 0. The molecule has 0 N–H and O–H groups in total. The van der Waals surface area contributed by atoms with E-state index in [1.807, 2.05) is 13.0 Å². The summed E-state index contributed by atoms with van der Waals surface area (Å²) in [6.07, 6.45) is 3.75. The fraction of sp³-hybridized carbons (Fsp3) is 0.583. The average Bonchev–Trinajstić information content (AvgIpc) is 2.89. The molecule has 20 heavy (non-hydrogen) atoms. The van der Waals surface area contributed by atoms with Crippen molar-refractivity contribution >= 4 is 10.0 Å². The van der Waals surface area contributed by atoms with Crippen LogP contribution in [0.4, 0.5) is 0 Å². The summed E-state index contributed by atoms with van der Waals surface area (Å²) in [7, 11) is -3.20. The highest BCUT2D eigenvalue weighted by Crippen LogP contribution is 2.20. The smallest absolute Gasteiger partial charge is 0.251 e. The topological polar surface area (TPSA) is 96.2 Å². The molecule has 0 bridgehead atoms. The van der Waals surface area contributed by atoms with Gasteiger partial charge in [0.05, 0.1) is 12.3 Å². The van der Waals surface area contributed by atoms with E-state index in [0.29, 0.717) is 25.9 Å². The average molecular weight is 296 g/mol. The first-order valence-electron chi connectivity index (χ1n) is 6.42. The summed E-state index contributed by atoms with van der Waals surface area (Å²) in [4.78, 5) is 7.82. The van der Waals surface area contributed by atoms with E-state index in [1.54, 1.807) is 0 Å². The lowest BCUT2D eigenvalue weighted by Crippen LogP contribution is -2.32. The van der Waals surface area contributed by atoms with E-state index in [2.05, 4.69) is 9.97 Å². The van der Waals surface area contributed by atoms with Crippen molar-refractivity contribution in [2.45, 2.75) is 25.9 Å². The van der Waals surface area contributed by atoms with Crippen LogP contribution >= 0.6 is 0 Å². The molecular formula is C12H16N4O3S. The maximum Gasteiger partial charge on any atom is 0.251 e. The van der Waals surface area contributed by atoms with Gasteiger partial charge in [0, 0.05) is 18.9 Å². The number of hydrogen-bond acceptors (Lipinski definition) is 6. The van der Waals surface area contributed by atoms with Crippen LogP contribution in [-0.2, 0) is 10.0 Å². The SMILES string of the molecule is CCCS(=O)(=O)N1CC[C@H](Oc2nccnc2C#N)C1. The van der Waals surface area contributed by atoms with Gasteiger partial charge in [-0.15, -0.1) is 0 Å². The fourth-order valence-corrected chi connectivity index (χ4v) is 3.63. The number of rotatable bonds is 5. The third kappa shape index (κ3) is 3.23. The first kappa shape index (κ1) is 14.7. The van der Waals surface area contributed by atoms with E-state index in [9.17, 15) is 8.42 Å². The standard InChI is InChI=1S/C12H16N4O3S/c1-2-7-20(17,18)16-6-3-10(9-16)19-12-11(8-13)14-4-5-15-12/h4-5,10H,2-3,6-7,9H2,1H3/t10-/m0/s1. The normalized spacial score (nSPS) is 19.7. The summed E-state index contributed by atoms with van der Waals surface area (Å²) in [5.74, 6) is 0.309. The van der Waals surface area contributed by atoms with Gasteiger partial charge in [-0.3, -0.25) is 0 Å². The lowest BCUT2D eigenvalue weighted by molar-refractivity contribution is 0.205. The maximum absolute atomic E-state index is 11.9. The van der Waals surface area contributed by atoms with Gasteiger partial charge >= 0.3 is 0 Å². The second-order valence-corrected chi connectivity index (χ2v) is 6.61. The number of sulfonamides is 1. The largest absolute Gasteiger partial charge is 0.471 e. The molecule has 1 fully saturated rings. The first-order chi connectivity index (χ1) is 9.56. The van der Waals surface area contributed by atoms with Crippen molar-refractivity contribution < 1.29 is 13.2 Å². The summed E-state index contributed by atoms with van der Waals surface area (Å²) in [5, 5.41) is 8.90. The molecule has 1 aromatic heterocycles. The Balaban J connectivity index is 2.02. The molecule has 0 saturated carbocycles. The Morgan fingerprint density at radius 1 is 1.50 bits per heavy atom. The molecule has 108 valence electrons. The summed E-state index contributed by atoms with van der Waals surface area (Å²) in [6.45, 7) is 2.57. The minimum Gasteiger partial charge on any atom is -0.471 e. The fourth-order valence-electron chi connectivity index (χ4n) is 2.08. The van der Waals surface area contributed by atoms with Gasteiger partial charge in [0.15, 0.2) is 0 Å². The molecule has 0 spiro atoms. The molecule has 1 aliphatic heterocycles. The predicted octanol–water partition coefficient (Wildman–Crippen LogP) is 0.541. The number of nitrogens with zero attached hydrogens (tertiary/aromatic N) is 4. The molecule has 7 nitrogen and oxygen atoms in total. The van der Waals surface area contributed by atoms with Gasteiger partial charge in [-0.1, -0.05) is 6.92 Å². The second-order valence-electron chi connectivity index (χ2n) is 4.52. The van der Waals surface area contributed by atoms with Crippen molar-refractivity contribution in [1.82, 2.24) is 14.3 Å². The molecule has 1 aliphatic rings. The first-order valence-corrected chi connectivity index (χ1v) is 8.03. The Hall–Kier alpha value is -1.72. The highest BCUT2D eigenvalue weighted by atomic mass is 32.2. The quantitative estimate of drug-likeness (QED) is 0.787. The van der Waals surface area contributed by atoms with Crippen molar-refractivity contribution in [2.75, 3.05) is 18.8 Å². The number of nitriles is 1. The summed E-state index contributed by atoms with van der Waals surface area (Å²) < 4.78 is 30.9. The van der Waals surface area contributed by atoms with E-state index in [-0.39, 0.29) is 23.4 Å². The van der Waals surface area contributed by atoms with Gasteiger partial charge in [-0.05, 0) is 12.8 Å². The lowest BCUT2D eigenvalue weighted by atomic mass is 10.3. The molecule has 0 unspecified atom stereocenters. The van der Waals surface area contributed by atoms with E-state index in [0.717, 1.165) is 0 Å². The number of ether oxygens (including phenoxy) is 1. The second kappa shape index (κ2) is 6.15. The van der Waals surface area contributed by atoms with Crippen LogP contribution in [-0.4, -0.2) is 47.6 Å². The van der Waals surface area contributed by atoms with Gasteiger partial charge in [0.1, 0.15) is 12.2 Å². The van der Waals surface area contributed by atoms with Gasteiger partial charge < -0.3 is 4.74 Å². The Kier molecular flexibility index (Phi) is 4.52. The molecule has 1 aromatic rings. The minimum absolute atomic E-state index is 0.113. The Bertz CT molecular complexity index is 611. The van der Waals surface area contributed by atoms with E-state index >= 15 is 0 Å². The Morgan fingerprint density at radius 2 is 2.25 bits per heavy atom. The Morgan fingerprint density at radius 3 is 2.95 bits per heavy atom. The molecule has 1 atom stereocenters. The van der Waals surface area contributed by atoms with Gasteiger partial charge in [0.25, 0.3) is 5.88 Å². The molecular weight excluding hydrogens is 280 g/mol. The van der Waals surface area contributed by atoms with Gasteiger partial charge in [-0.25, -0.2) is 18.4 Å². The third-order valence-electron chi connectivity index (χ3n) is 3.01. The maximum atomic E-state index is 11.9. The summed E-state index contributed by atoms with van der Waals surface area (Å²) in [5.41, 5.74) is 0.113. The molecule has 0 amide bonds. The van der Waals surface area contributed by atoms with Crippen molar-refractivity contribution in [3.63, 3.8) is 0 Å². The summed E-state index contributed by atoms with van der Waals surface area (Å²) in [6, 6.07) is 1.90. The van der Waals surface area contributed by atoms with Crippen molar-refractivity contribution in [1.29, 1.82) is 5.26 Å². The molecule has 8 heteroatoms. The van der Waals surface area contributed by atoms with Crippen LogP contribution in [0.25, 0.3) is 0 Å². The molecule has 0 aromatic carbocycles. The van der Waals surface area contributed by atoms with E-state index in [1.165, 1.54) is 16.7 Å². The Labute approximate surface area is 118 Å². The van der Waals surface area contributed by atoms with Gasteiger partial charge in [0.2, 0.25) is 15.7 Å². The van der Waals surface area contributed by atoms with Crippen LogP contribution in [0.5, 0.6) is 5.88 Å². The van der Waals surface area contributed by atoms with Crippen LogP contribution in [0.3, 0.4) is 0 Å². The molecule has 2 heterocycles. The van der Waals surface area contributed by atoms with Crippen LogP contribution in [0, 0.1) is 11.3 Å². The third-order valence-corrected chi connectivity index (χ3v) is 5.05. The highest BCUT2D eigenvalue weighted by Gasteiger charge is 2.32. The molecule has 2 rings (SSSR count). The summed E-state index contributed by atoms with van der Waals surface area (Å²) >= 11 is 0. The van der Waals surface area contributed by atoms with Crippen molar-refractivity contribution in [2.24, 2.45) is 0 Å². The lowest BCUT2D eigenvalue weighted by Gasteiger charge is -2.16. The van der Waals surface area contributed by atoms with E-state index in [4.69, 9.17) is 10.00 Å². The minimum atomic E-state index is -3.20. The van der Waals surface area contributed by atoms with Gasteiger partial charge in [-0.2, -0.15) is 9.57 Å². The van der Waals surface area contributed by atoms with Crippen LogP contribution in [0.1, 0.15) is 25.5 Å². The molecule has 0 aliphatic carbocycles. The van der Waals surface area contributed by atoms with Crippen molar-refractivity contribution in [3.8, 4) is 11.9 Å². The molecule has 0 radical (unpaired) electrons. The van der Waals surface area contributed by atoms with Crippen molar-refractivity contribution in [3.05, 3.63) is 18.1 Å². The number of aromatic nitrogens is 2. The predicted molar refractivity (Wildman–Crippen MR) is 71.4 cm³/mol. The highest BCUT2D eigenvalue weighted by molar-refractivity contribution is 7.89. The van der Waals surface area contributed by atoms with Crippen LogP contribution in [0.15, 0.2) is 12.4 Å². The van der Waals surface area contributed by atoms with Crippen LogP contribution < -0.4 is 4.74 Å².